The van der Waals surface area contributed by atoms with Crippen LogP contribution >= 0.6 is 0 Å². The lowest BCUT2D eigenvalue weighted by atomic mass is 10.0. The van der Waals surface area contributed by atoms with E-state index >= 15 is 0 Å². The molecule has 4 aliphatic rings. The van der Waals surface area contributed by atoms with Gasteiger partial charge in [-0.25, -0.2) is 15.0 Å². The van der Waals surface area contributed by atoms with Crippen molar-refractivity contribution in [3.05, 3.63) is 69.7 Å². The van der Waals surface area contributed by atoms with E-state index < -0.39 is 23.5 Å². The van der Waals surface area contributed by atoms with E-state index in [0.717, 1.165) is 55.1 Å². The Labute approximate surface area is 276 Å². The molecule has 3 heterocycles. The van der Waals surface area contributed by atoms with Crippen molar-refractivity contribution in [2.24, 2.45) is 11.8 Å². The zero-order valence-electron chi connectivity index (χ0n) is 26.9. The lowest BCUT2D eigenvalue weighted by Gasteiger charge is -2.30. The number of hydrogen-bond acceptors (Lipinski definition) is 7. The van der Waals surface area contributed by atoms with Gasteiger partial charge in [-0.1, -0.05) is 6.92 Å². The van der Waals surface area contributed by atoms with Crippen LogP contribution in [0.25, 0.3) is 0 Å². The first-order valence-electron chi connectivity index (χ1n) is 16.9. The minimum absolute atomic E-state index is 0.133. The van der Waals surface area contributed by atoms with E-state index in [-0.39, 0.29) is 24.0 Å². The number of nitrogens with one attached hydrogen (secondary N) is 1. The molecular weight excluding hydrogens is 634 g/mol. The number of halogens is 6. The van der Waals surface area contributed by atoms with Gasteiger partial charge in [-0.3, -0.25) is 0 Å². The Balaban J connectivity index is 1.20. The van der Waals surface area contributed by atoms with Gasteiger partial charge in [0, 0.05) is 50.4 Å². The van der Waals surface area contributed by atoms with Crippen molar-refractivity contribution in [2.75, 3.05) is 54.5 Å². The van der Waals surface area contributed by atoms with Crippen LogP contribution in [0.3, 0.4) is 0 Å². The summed E-state index contributed by atoms with van der Waals surface area (Å²) in [5, 5.41) is 3.33. The second-order valence-electron chi connectivity index (χ2n) is 13.8. The molecule has 1 atom stereocenters. The van der Waals surface area contributed by atoms with Crippen molar-refractivity contribution in [3.63, 3.8) is 0 Å². The number of hydrogen-bond donors (Lipinski definition) is 1. The lowest BCUT2D eigenvalue weighted by molar-refractivity contribution is -0.143. The molecular formula is C35H40F6N6O. The summed E-state index contributed by atoms with van der Waals surface area (Å²) < 4.78 is 87.5. The normalized spacial score (nSPS) is 19.8. The predicted molar refractivity (Wildman–Crippen MR) is 170 cm³/mol. The van der Waals surface area contributed by atoms with Gasteiger partial charge in [0.05, 0.1) is 41.9 Å². The molecule has 1 saturated heterocycles. The van der Waals surface area contributed by atoms with Gasteiger partial charge >= 0.3 is 12.4 Å². The van der Waals surface area contributed by atoms with Crippen molar-refractivity contribution < 1.29 is 31.1 Å². The Morgan fingerprint density at radius 3 is 2.12 bits per heavy atom. The highest BCUT2D eigenvalue weighted by molar-refractivity contribution is 5.56. The van der Waals surface area contributed by atoms with Crippen molar-refractivity contribution in [1.29, 1.82) is 0 Å². The van der Waals surface area contributed by atoms with E-state index in [1.807, 2.05) is 4.90 Å². The molecule has 258 valence electrons. The van der Waals surface area contributed by atoms with Gasteiger partial charge in [-0.2, -0.15) is 26.3 Å². The van der Waals surface area contributed by atoms with Gasteiger partial charge in [0.15, 0.2) is 0 Å². The zero-order valence-corrected chi connectivity index (χ0v) is 26.9. The largest absolute Gasteiger partial charge is 0.416 e. The lowest BCUT2D eigenvalue weighted by Crippen LogP contribution is -2.37. The van der Waals surface area contributed by atoms with Crippen molar-refractivity contribution >= 4 is 17.5 Å². The minimum Gasteiger partial charge on any atom is -0.378 e. The molecule has 13 heteroatoms. The van der Waals surface area contributed by atoms with Gasteiger partial charge in [-0.05, 0) is 91.7 Å². The number of nitrogens with zero attached hydrogens (tertiary/aromatic N) is 5. The van der Waals surface area contributed by atoms with E-state index in [0.29, 0.717) is 62.0 Å². The number of aromatic nitrogens is 3. The molecule has 2 saturated carbocycles. The van der Waals surface area contributed by atoms with Crippen molar-refractivity contribution in [3.8, 4) is 0 Å². The number of benzene rings is 1. The van der Waals surface area contributed by atoms with Crippen LogP contribution in [0.5, 0.6) is 0 Å². The number of alkyl halides is 6. The zero-order chi connectivity index (χ0) is 33.6. The van der Waals surface area contributed by atoms with Crippen LogP contribution in [0.4, 0.5) is 43.8 Å². The van der Waals surface area contributed by atoms with Crippen molar-refractivity contribution in [2.45, 2.75) is 76.7 Å². The summed E-state index contributed by atoms with van der Waals surface area (Å²) in [7, 11) is 0. The molecule has 0 amide bonds. The minimum atomic E-state index is -4.94. The second kappa shape index (κ2) is 13.0. The summed E-state index contributed by atoms with van der Waals surface area (Å²) >= 11 is 0. The molecule has 7 rings (SSSR count). The Morgan fingerprint density at radius 1 is 0.875 bits per heavy atom. The van der Waals surface area contributed by atoms with E-state index in [1.165, 1.54) is 31.2 Å². The molecule has 1 unspecified atom stereocenters. The third-order valence-electron chi connectivity index (χ3n) is 9.81. The molecule has 3 aliphatic carbocycles. The third kappa shape index (κ3) is 7.66. The Morgan fingerprint density at radius 2 is 1.52 bits per heavy atom. The van der Waals surface area contributed by atoms with Crippen molar-refractivity contribution in [1.82, 2.24) is 15.0 Å². The molecule has 1 aromatic carbocycles. The smallest absolute Gasteiger partial charge is 0.378 e. The highest BCUT2D eigenvalue weighted by Gasteiger charge is 2.37. The summed E-state index contributed by atoms with van der Waals surface area (Å²) in [6, 6.07) is 3.93. The number of morpholine rings is 1. The number of ether oxygens (including phenoxy) is 1. The predicted octanol–water partition coefficient (Wildman–Crippen LogP) is 7.62. The van der Waals surface area contributed by atoms with Gasteiger partial charge in [0.1, 0.15) is 5.82 Å². The number of fused-ring (bicyclic) bond motifs is 1. The number of anilines is 3. The molecule has 0 spiro atoms. The summed E-state index contributed by atoms with van der Waals surface area (Å²) in [5.41, 5.74) is 1.52. The molecule has 1 aliphatic heterocycles. The standard InChI is InChI=1S/C35H40F6N6O/c1-21-2-7-25-15-26(32(45-31(21)25)47(19-22-3-4-22)20-23-5-6-23)17-42-33-43-18-30(46-8-10-48-11-9-46)29(44-33)14-24-12-27(34(36,37)38)16-28(13-24)35(39,40)41/h12-13,15-16,18,21-23H,2-11,14,17,19-20H2,1H3,(H,42,43,44). The highest BCUT2D eigenvalue weighted by atomic mass is 19.4. The van der Waals surface area contributed by atoms with Crippen LogP contribution < -0.4 is 15.1 Å². The first-order chi connectivity index (χ1) is 22.9. The van der Waals surface area contributed by atoms with Gasteiger partial charge < -0.3 is 19.9 Å². The van der Waals surface area contributed by atoms with Gasteiger partial charge in [0.2, 0.25) is 5.95 Å². The Bertz CT molecular complexity index is 1580. The van der Waals surface area contributed by atoms with Gasteiger partial charge in [0.25, 0.3) is 0 Å². The third-order valence-corrected chi connectivity index (χ3v) is 9.81. The summed E-state index contributed by atoms with van der Waals surface area (Å²) in [6.45, 7) is 6.44. The van der Waals surface area contributed by atoms with E-state index in [4.69, 9.17) is 14.7 Å². The molecule has 0 bridgehead atoms. The SMILES string of the molecule is CC1CCc2cc(CNc3ncc(N4CCOCC4)c(Cc4cc(C(F)(F)F)cc(C(F)(F)F)c4)n3)c(N(CC3CC3)CC3CC3)nc21. The molecule has 2 aromatic heterocycles. The van der Waals surface area contributed by atoms with Crippen LogP contribution in [-0.2, 0) is 36.5 Å². The van der Waals surface area contributed by atoms with Crippen LogP contribution in [0.2, 0.25) is 0 Å². The maximum atomic E-state index is 13.7. The maximum Gasteiger partial charge on any atom is 0.416 e. The molecule has 0 radical (unpaired) electrons. The fourth-order valence-electron chi connectivity index (χ4n) is 6.80. The summed E-state index contributed by atoms with van der Waals surface area (Å²) in [4.78, 5) is 18.9. The quantitative estimate of drug-likeness (QED) is 0.210. The number of aryl methyl sites for hydroxylation is 1. The number of pyridine rings is 1. The molecule has 7 nitrogen and oxygen atoms in total. The second-order valence-corrected chi connectivity index (χ2v) is 13.8. The maximum absolute atomic E-state index is 13.7. The Hall–Kier alpha value is -3.61. The molecule has 3 aromatic rings. The number of rotatable bonds is 11. The van der Waals surface area contributed by atoms with Crippen LogP contribution in [0.15, 0.2) is 30.5 Å². The molecule has 3 fully saturated rings. The summed E-state index contributed by atoms with van der Waals surface area (Å²) in [5.74, 6) is 3.01. The molecule has 48 heavy (non-hydrogen) atoms. The van der Waals surface area contributed by atoms with Crippen LogP contribution in [-0.4, -0.2) is 54.3 Å². The topological polar surface area (TPSA) is 66.4 Å². The van der Waals surface area contributed by atoms with E-state index in [1.54, 1.807) is 6.20 Å². The monoisotopic (exact) mass is 674 g/mol. The highest BCUT2D eigenvalue weighted by Crippen LogP contribution is 2.40. The first kappa shape index (κ1) is 32.9. The fraction of sp³-hybridized carbons (Fsp3) is 0.571. The average molecular weight is 675 g/mol. The van der Waals surface area contributed by atoms with Crippen LogP contribution in [0.1, 0.15) is 84.2 Å². The van der Waals surface area contributed by atoms with Crippen LogP contribution in [0, 0.1) is 11.8 Å². The van der Waals surface area contributed by atoms with Gasteiger partial charge in [-0.15, -0.1) is 0 Å². The summed E-state index contributed by atoms with van der Waals surface area (Å²) in [6.07, 6.45) is -1.55. The fourth-order valence-corrected chi connectivity index (χ4v) is 6.80. The Kier molecular flexibility index (Phi) is 8.93. The van der Waals surface area contributed by atoms with E-state index in [2.05, 4.69) is 28.2 Å². The molecule has 1 N–H and O–H groups in total. The van der Waals surface area contributed by atoms with E-state index in [9.17, 15) is 26.3 Å². The average Bonchev–Trinajstić information content (AvgIpc) is 3.99. The first-order valence-corrected chi connectivity index (χ1v) is 16.9.